The molecule has 0 saturated heterocycles. The van der Waals surface area contributed by atoms with Crippen molar-refractivity contribution in [2.45, 2.75) is 33.7 Å². The molecule has 0 unspecified atom stereocenters. The lowest BCUT2D eigenvalue weighted by molar-refractivity contribution is 0.277. The molecule has 16 heavy (non-hydrogen) atoms. The van der Waals surface area contributed by atoms with E-state index in [1.54, 1.807) is 0 Å². The van der Waals surface area contributed by atoms with Crippen LogP contribution in [-0.2, 0) is 0 Å². The Labute approximate surface area is 97.8 Å². The van der Waals surface area contributed by atoms with E-state index in [9.17, 15) is 0 Å². The molecule has 1 aromatic heterocycles. The van der Waals surface area contributed by atoms with Gasteiger partial charge in [0.05, 0.1) is 17.4 Å². The van der Waals surface area contributed by atoms with Crippen LogP contribution in [0.2, 0.25) is 0 Å². The Kier molecular flexibility index (Phi) is 3.08. The van der Waals surface area contributed by atoms with Crippen molar-refractivity contribution in [1.82, 2.24) is 4.98 Å². The third kappa shape index (κ3) is 1.89. The van der Waals surface area contributed by atoms with E-state index in [4.69, 9.17) is 4.99 Å². The predicted octanol–water partition coefficient (Wildman–Crippen LogP) is 3.18. The molecule has 86 valence electrons. The summed E-state index contributed by atoms with van der Waals surface area (Å²) in [6.07, 6.45) is 1.85. The van der Waals surface area contributed by atoms with Crippen LogP contribution >= 0.6 is 0 Å². The van der Waals surface area contributed by atoms with Crippen molar-refractivity contribution in [2.24, 2.45) is 22.7 Å². The number of aliphatic imine (C=N–C) groups is 1. The molecule has 0 radical (unpaired) electrons. The molecule has 1 aliphatic heterocycles. The lowest BCUT2D eigenvalue weighted by Crippen LogP contribution is -2.36. The van der Waals surface area contributed by atoms with Crippen molar-refractivity contribution in [1.29, 1.82) is 0 Å². The van der Waals surface area contributed by atoms with Gasteiger partial charge in [0.15, 0.2) is 0 Å². The summed E-state index contributed by atoms with van der Waals surface area (Å²) in [6, 6.07) is 6.45. The molecule has 0 fully saturated rings. The smallest absolute Gasteiger partial charge is 0.0842 e. The van der Waals surface area contributed by atoms with Crippen molar-refractivity contribution in [2.75, 3.05) is 0 Å². The van der Waals surface area contributed by atoms with Gasteiger partial charge >= 0.3 is 0 Å². The van der Waals surface area contributed by atoms with E-state index in [2.05, 4.69) is 38.7 Å². The van der Waals surface area contributed by atoms with E-state index in [1.165, 1.54) is 5.71 Å². The topological polar surface area (TPSA) is 25.2 Å². The minimum absolute atomic E-state index is 0.406. The number of hydrogen-bond acceptors (Lipinski definition) is 2. The van der Waals surface area contributed by atoms with Crippen LogP contribution in [0.15, 0.2) is 29.4 Å². The fourth-order valence-electron chi connectivity index (χ4n) is 2.41. The van der Waals surface area contributed by atoms with E-state index in [1.807, 2.05) is 18.3 Å². The van der Waals surface area contributed by atoms with Crippen LogP contribution in [0.3, 0.4) is 0 Å². The molecule has 0 bridgehead atoms. The average molecular weight is 216 g/mol. The predicted molar refractivity (Wildman–Crippen MR) is 67.7 cm³/mol. The van der Waals surface area contributed by atoms with E-state index >= 15 is 0 Å². The van der Waals surface area contributed by atoms with Gasteiger partial charge in [0.1, 0.15) is 0 Å². The molecular weight excluding hydrogens is 196 g/mol. The van der Waals surface area contributed by atoms with Gasteiger partial charge in [-0.15, -0.1) is 0 Å². The summed E-state index contributed by atoms with van der Waals surface area (Å²) in [5.41, 5.74) is 2.22. The maximum absolute atomic E-state index is 4.82. The molecule has 1 aromatic rings. The maximum atomic E-state index is 4.82. The van der Waals surface area contributed by atoms with Crippen molar-refractivity contribution in [3.05, 3.63) is 30.1 Å². The molecule has 0 aliphatic carbocycles. The third-order valence-electron chi connectivity index (χ3n) is 4.08. The van der Waals surface area contributed by atoms with Crippen molar-refractivity contribution < 1.29 is 0 Å². The van der Waals surface area contributed by atoms with Crippen LogP contribution in [0.4, 0.5) is 0 Å². The normalized spacial score (nSPS) is 34.6. The summed E-state index contributed by atoms with van der Waals surface area (Å²) in [5.74, 6) is 1.83. The first-order valence-electron chi connectivity index (χ1n) is 6.10. The zero-order valence-corrected chi connectivity index (χ0v) is 10.5. The zero-order chi connectivity index (χ0) is 11.7. The second kappa shape index (κ2) is 4.36. The molecule has 2 nitrogen and oxygen atoms in total. The Bertz CT molecular complexity index is 383. The standard InChI is InChI=1S/C14H20N2/c1-9-10(2)12(4)16-14(11(9)3)13-7-5-6-8-15-13/h5-12H,1-4H3/t9-,10+,11-,12+/m0/s1. The Hall–Kier alpha value is -1.18. The summed E-state index contributed by atoms with van der Waals surface area (Å²) in [4.78, 5) is 9.24. The van der Waals surface area contributed by atoms with Gasteiger partial charge in [-0.25, -0.2) is 0 Å². The highest BCUT2D eigenvalue weighted by Gasteiger charge is 2.32. The lowest BCUT2D eigenvalue weighted by Gasteiger charge is -2.35. The zero-order valence-electron chi connectivity index (χ0n) is 10.5. The molecule has 2 heterocycles. The summed E-state index contributed by atoms with van der Waals surface area (Å²) < 4.78 is 0. The second-order valence-electron chi connectivity index (χ2n) is 4.98. The van der Waals surface area contributed by atoms with Gasteiger partial charge in [-0.2, -0.15) is 0 Å². The molecule has 0 aromatic carbocycles. The van der Waals surface area contributed by atoms with Crippen molar-refractivity contribution in [3.63, 3.8) is 0 Å². The van der Waals surface area contributed by atoms with E-state index < -0.39 is 0 Å². The minimum Gasteiger partial charge on any atom is -0.284 e. The number of pyridine rings is 1. The number of rotatable bonds is 1. The largest absolute Gasteiger partial charge is 0.284 e. The Morgan fingerprint density at radius 3 is 2.38 bits per heavy atom. The Balaban J connectivity index is 2.38. The number of aromatic nitrogens is 1. The second-order valence-corrected chi connectivity index (χ2v) is 4.98. The summed E-state index contributed by atoms with van der Waals surface area (Å²) >= 11 is 0. The first-order valence-corrected chi connectivity index (χ1v) is 6.10. The number of nitrogens with zero attached hydrogens (tertiary/aromatic N) is 2. The Morgan fingerprint density at radius 2 is 1.75 bits per heavy atom. The highest BCUT2D eigenvalue weighted by Crippen LogP contribution is 2.32. The maximum Gasteiger partial charge on any atom is 0.0842 e. The highest BCUT2D eigenvalue weighted by molar-refractivity contribution is 6.01. The van der Waals surface area contributed by atoms with Crippen LogP contribution in [0, 0.1) is 17.8 Å². The lowest BCUT2D eigenvalue weighted by atomic mass is 9.75. The SMILES string of the molecule is C[C@@H]1[C@H](C)[C@H](C)C(c2ccccn2)=N[C@@H]1C. The van der Waals surface area contributed by atoms with Crippen LogP contribution < -0.4 is 0 Å². The van der Waals surface area contributed by atoms with Gasteiger partial charge < -0.3 is 0 Å². The van der Waals surface area contributed by atoms with Crippen LogP contribution in [0.25, 0.3) is 0 Å². The Morgan fingerprint density at radius 1 is 1.00 bits per heavy atom. The molecule has 0 saturated carbocycles. The van der Waals surface area contributed by atoms with Crippen LogP contribution in [0.5, 0.6) is 0 Å². The van der Waals surface area contributed by atoms with Gasteiger partial charge in [0.25, 0.3) is 0 Å². The molecule has 2 rings (SSSR count). The molecule has 1 aliphatic rings. The number of hydrogen-bond donors (Lipinski definition) is 0. The van der Waals surface area contributed by atoms with Crippen molar-refractivity contribution >= 4 is 5.71 Å². The monoisotopic (exact) mass is 216 g/mol. The highest BCUT2D eigenvalue weighted by atomic mass is 14.9. The van der Waals surface area contributed by atoms with E-state index in [-0.39, 0.29) is 0 Å². The molecule has 2 heteroatoms. The average Bonchev–Trinajstić information content (AvgIpc) is 2.32. The fraction of sp³-hybridized carbons (Fsp3) is 0.571. The van der Waals surface area contributed by atoms with Crippen LogP contribution in [0.1, 0.15) is 33.4 Å². The summed E-state index contributed by atoms with van der Waals surface area (Å²) in [7, 11) is 0. The first-order chi connectivity index (χ1) is 7.61. The quantitative estimate of drug-likeness (QED) is 0.707. The van der Waals surface area contributed by atoms with Gasteiger partial charge in [-0.1, -0.05) is 26.8 Å². The summed E-state index contributed by atoms with van der Waals surface area (Å²) in [6.45, 7) is 9.09. The fourth-order valence-corrected chi connectivity index (χ4v) is 2.41. The van der Waals surface area contributed by atoms with Gasteiger partial charge in [0, 0.05) is 12.1 Å². The molecular formula is C14H20N2. The van der Waals surface area contributed by atoms with Gasteiger partial charge in [-0.05, 0) is 30.9 Å². The van der Waals surface area contributed by atoms with Gasteiger partial charge in [-0.3, -0.25) is 9.98 Å². The van der Waals surface area contributed by atoms with E-state index in [0.29, 0.717) is 23.8 Å². The minimum atomic E-state index is 0.406. The molecule has 0 spiro atoms. The molecule has 0 amide bonds. The summed E-state index contributed by atoms with van der Waals surface area (Å²) in [5, 5.41) is 0. The first kappa shape index (κ1) is 11.3. The van der Waals surface area contributed by atoms with Crippen LogP contribution in [-0.4, -0.2) is 16.7 Å². The molecule has 4 atom stereocenters. The molecule has 0 N–H and O–H groups in total. The van der Waals surface area contributed by atoms with Crippen molar-refractivity contribution in [3.8, 4) is 0 Å². The van der Waals surface area contributed by atoms with Gasteiger partial charge in [0.2, 0.25) is 0 Å². The third-order valence-corrected chi connectivity index (χ3v) is 4.08. The van der Waals surface area contributed by atoms with E-state index in [0.717, 1.165) is 5.69 Å².